The van der Waals surface area contributed by atoms with Gasteiger partial charge in [-0.1, -0.05) is 0 Å². The van der Waals surface area contributed by atoms with Crippen molar-refractivity contribution in [2.24, 2.45) is 0 Å². The quantitative estimate of drug-likeness (QED) is 0.710. The summed E-state index contributed by atoms with van der Waals surface area (Å²) in [5, 5.41) is 33.0. The third kappa shape index (κ3) is 2.75. The Kier molecular flexibility index (Phi) is 3.67. The molecule has 0 aliphatic heterocycles. The molecule has 20 heavy (non-hydrogen) atoms. The van der Waals surface area contributed by atoms with Crippen molar-refractivity contribution in [3.63, 3.8) is 0 Å². The Morgan fingerprint density at radius 2 is 2.35 bits per heavy atom. The van der Waals surface area contributed by atoms with E-state index in [1.54, 1.807) is 0 Å². The van der Waals surface area contributed by atoms with Crippen LogP contribution in [-0.2, 0) is 0 Å². The zero-order valence-corrected chi connectivity index (χ0v) is 9.83. The van der Waals surface area contributed by atoms with Crippen molar-refractivity contribution in [2.75, 3.05) is 5.32 Å². The van der Waals surface area contributed by atoms with Gasteiger partial charge in [0, 0.05) is 11.9 Å². The first-order valence-corrected chi connectivity index (χ1v) is 5.25. The van der Waals surface area contributed by atoms with Gasteiger partial charge in [-0.05, 0) is 23.4 Å². The highest BCUT2D eigenvalue weighted by molar-refractivity contribution is 5.88. The molecule has 0 atom stereocenters. The Bertz CT molecular complexity index is 704. The van der Waals surface area contributed by atoms with Crippen molar-refractivity contribution >= 4 is 17.2 Å². The maximum atomic E-state index is 13.4. The Morgan fingerprint density at radius 3 is 2.90 bits per heavy atom. The van der Waals surface area contributed by atoms with Crippen molar-refractivity contribution in [1.82, 2.24) is 20.6 Å². The number of allylic oxidation sites excluding steroid dienone is 1. The molecule has 0 aliphatic rings. The van der Waals surface area contributed by atoms with Crippen LogP contribution >= 0.6 is 0 Å². The molecule has 2 aromatic rings. The first-order valence-electron chi connectivity index (χ1n) is 5.25. The zero-order valence-electron chi connectivity index (χ0n) is 9.83. The molecule has 0 saturated heterocycles. The molecule has 9 heteroatoms. The molecule has 1 aromatic heterocycles. The van der Waals surface area contributed by atoms with Gasteiger partial charge >= 0.3 is 5.97 Å². The summed E-state index contributed by atoms with van der Waals surface area (Å²) in [6.45, 7) is 0. The normalized spacial score (nSPS) is 10.9. The number of H-pyrrole nitrogens is 1. The number of hydrogen-bond donors (Lipinski definition) is 3. The van der Waals surface area contributed by atoms with E-state index in [0.717, 1.165) is 12.1 Å². The van der Waals surface area contributed by atoms with Gasteiger partial charge in [0.25, 0.3) is 0 Å². The Labute approximate surface area is 111 Å². The number of aromatic carboxylic acids is 1. The van der Waals surface area contributed by atoms with E-state index in [1.807, 2.05) is 6.07 Å². The van der Waals surface area contributed by atoms with Crippen LogP contribution in [0.1, 0.15) is 16.2 Å². The molecule has 0 bridgehead atoms. The number of nitrogens with zero attached hydrogens (tertiary/aromatic N) is 4. The van der Waals surface area contributed by atoms with Crippen LogP contribution in [0.3, 0.4) is 0 Å². The van der Waals surface area contributed by atoms with Crippen molar-refractivity contribution < 1.29 is 14.3 Å². The summed E-state index contributed by atoms with van der Waals surface area (Å²) in [5.41, 5.74) is -0.0663. The molecule has 2 rings (SSSR count). The molecule has 0 fully saturated rings. The van der Waals surface area contributed by atoms with Crippen LogP contribution in [0.15, 0.2) is 24.4 Å². The smallest absolute Gasteiger partial charge is 0.338 e. The van der Waals surface area contributed by atoms with E-state index in [9.17, 15) is 9.18 Å². The maximum Gasteiger partial charge on any atom is 0.338 e. The van der Waals surface area contributed by atoms with Gasteiger partial charge in [0.2, 0.25) is 5.82 Å². The number of aromatic amines is 1. The minimum atomic E-state index is -1.35. The largest absolute Gasteiger partial charge is 0.478 e. The second-order valence-corrected chi connectivity index (χ2v) is 3.55. The first-order chi connectivity index (χ1) is 9.61. The van der Waals surface area contributed by atoms with Crippen molar-refractivity contribution in [1.29, 1.82) is 5.26 Å². The number of hydrogen-bond acceptors (Lipinski definition) is 6. The molecule has 0 saturated carbocycles. The molecule has 1 aromatic carbocycles. The van der Waals surface area contributed by atoms with Gasteiger partial charge in [-0.3, -0.25) is 0 Å². The standard InChI is InChI=1S/C11H7FN6O2/c12-9-3-7(1-2-8(9)11(19)20)14-5-6(4-13)10-15-17-18-16-10/h1-3,5,14H,(H,19,20)(H,15,16,17,18). The molecule has 0 unspecified atom stereocenters. The van der Waals surface area contributed by atoms with E-state index in [-0.39, 0.29) is 17.1 Å². The highest BCUT2D eigenvalue weighted by Gasteiger charge is 2.10. The Hall–Kier alpha value is -3.28. The van der Waals surface area contributed by atoms with E-state index in [4.69, 9.17) is 10.4 Å². The van der Waals surface area contributed by atoms with Crippen molar-refractivity contribution in [3.8, 4) is 6.07 Å². The molecular formula is C11H7FN6O2. The van der Waals surface area contributed by atoms with Gasteiger partial charge in [-0.2, -0.15) is 10.5 Å². The maximum absolute atomic E-state index is 13.4. The van der Waals surface area contributed by atoms with Crippen LogP contribution in [0.2, 0.25) is 0 Å². The molecule has 3 N–H and O–H groups in total. The Morgan fingerprint density at radius 1 is 1.55 bits per heavy atom. The lowest BCUT2D eigenvalue weighted by Crippen LogP contribution is -2.01. The number of tetrazole rings is 1. The van der Waals surface area contributed by atoms with Crippen LogP contribution in [-0.4, -0.2) is 31.7 Å². The molecule has 1 heterocycles. The summed E-state index contributed by atoms with van der Waals surface area (Å²) in [5.74, 6) is -2.15. The average Bonchev–Trinajstić information content (AvgIpc) is 2.93. The second kappa shape index (κ2) is 5.57. The Balaban J connectivity index is 2.21. The first kappa shape index (κ1) is 13.2. The molecule has 0 spiro atoms. The predicted molar refractivity (Wildman–Crippen MR) is 64.7 cm³/mol. The number of rotatable bonds is 4. The van der Waals surface area contributed by atoms with E-state index >= 15 is 0 Å². The fourth-order valence-electron chi connectivity index (χ4n) is 1.36. The van der Waals surface area contributed by atoms with E-state index in [2.05, 4.69) is 25.9 Å². The predicted octanol–water partition coefficient (Wildman–Crippen LogP) is 1.01. The molecule has 0 aliphatic carbocycles. The summed E-state index contributed by atoms with van der Waals surface area (Å²) in [6, 6.07) is 5.34. The number of nitrogens with one attached hydrogen (secondary N) is 2. The molecular weight excluding hydrogens is 267 g/mol. The number of carboxylic acid groups (broad SMARTS) is 1. The third-order valence-electron chi connectivity index (χ3n) is 2.29. The molecule has 0 radical (unpaired) electrons. The lowest BCUT2D eigenvalue weighted by molar-refractivity contribution is 0.0692. The highest BCUT2D eigenvalue weighted by atomic mass is 19.1. The summed E-state index contributed by atoms with van der Waals surface area (Å²) in [7, 11) is 0. The third-order valence-corrected chi connectivity index (χ3v) is 2.29. The molecule has 100 valence electrons. The molecule has 0 amide bonds. The van der Waals surface area contributed by atoms with Crippen molar-refractivity contribution in [3.05, 3.63) is 41.6 Å². The van der Waals surface area contributed by atoms with Gasteiger partial charge < -0.3 is 10.4 Å². The van der Waals surface area contributed by atoms with Gasteiger partial charge in [0.1, 0.15) is 17.5 Å². The van der Waals surface area contributed by atoms with Crippen LogP contribution in [0, 0.1) is 17.1 Å². The lowest BCUT2D eigenvalue weighted by atomic mass is 10.2. The average molecular weight is 274 g/mol. The zero-order chi connectivity index (χ0) is 14.5. The summed E-state index contributed by atoms with van der Waals surface area (Å²) in [4.78, 5) is 10.7. The minimum absolute atomic E-state index is 0.0847. The number of benzene rings is 1. The monoisotopic (exact) mass is 274 g/mol. The van der Waals surface area contributed by atoms with E-state index in [0.29, 0.717) is 0 Å². The van der Waals surface area contributed by atoms with Gasteiger partial charge in [0.15, 0.2) is 0 Å². The number of nitriles is 1. The van der Waals surface area contributed by atoms with Crippen LogP contribution in [0.5, 0.6) is 0 Å². The van der Waals surface area contributed by atoms with Gasteiger partial charge in [-0.25, -0.2) is 9.18 Å². The lowest BCUT2D eigenvalue weighted by Gasteiger charge is -2.03. The summed E-state index contributed by atoms with van der Waals surface area (Å²) < 4.78 is 13.4. The van der Waals surface area contributed by atoms with E-state index < -0.39 is 17.3 Å². The number of carboxylic acids is 1. The van der Waals surface area contributed by atoms with Gasteiger partial charge in [0.05, 0.1) is 5.56 Å². The van der Waals surface area contributed by atoms with Crippen LogP contribution < -0.4 is 5.32 Å². The van der Waals surface area contributed by atoms with E-state index in [1.165, 1.54) is 12.3 Å². The fourth-order valence-corrected chi connectivity index (χ4v) is 1.36. The van der Waals surface area contributed by atoms with Crippen molar-refractivity contribution in [2.45, 2.75) is 0 Å². The highest BCUT2D eigenvalue weighted by Crippen LogP contribution is 2.15. The summed E-state index contributed by atoms with van der Waals surface area (Å²) in [6.07, 6.45) is 1.26. The fraction of sp³-hybridized carbons (Fsp3) is 0. The number of anilines is 1. The minimum Gasteiger partial charge on any atom is -0.478 e. The number of aromatic nitrogens is 4. The van der Waals surface area contributed by atoms with Gasteiger partial charge in [-0.15, -0.1) is 10.2 Å². The topological polar surface area (TPSA) is 128 Å². The second-order valence-electron chi connectivity index (χ2n) is 3.55. The number of halogens is 1. The molecule has 8 nitrogen and oxygen atoms in total. The SMILES string of the molecule is N#CC(=CNc1ccc(C(=O)O)c(F)c1)c1nn[nH]n1. The summed E-state index contributed by atoms with van der Waals surface area (Å²) >= 11 is 0. The number of carbonyl (C=O) groups is 1. The van der Waals surface area contributed by atoms with Crippen LogP contribution in [0.4, 0.5) is 10.1 Å². The van der Waals surface area contributed by atoms with Crippen LogP contribution in [0.25, 0.3) is 5.57 Å².